The van der Waals surface area contributed by atoms with E-state index in [-0.39, 0.29) is 22.5 Å². The largest absolute Gasteiger partial charge is 0.399 e. The molecule has 2 rings (SSSR count). The Bertz CT molecular complexity index is 626. The van der Waals surface area contributed by atoms with Gasteiger partial charge in [0.15, 0.2) is 0 Å². The van der Waals surface area contributed by atoms with Gasteiger partial charge in [-0.15, -0.1) is 0 Å². The van der Waals surface area contributed by atoms with E-state index in [9.17, 15) is 8.42 Å². The SMILES string of the molecule is CCc1ccc(N)cc1S(=O)(=O)NC1CC(OC)C1(C)C. The molecule has 1 saturated carbocycles. The van der Waals surface area contributed by atoms with Crippen LogP contribution in [0, 0.1) is 5.41 Å². The minimum atomic E-state index is -3.57. The number of nitrogens with one attached hydrogen (secondary N) is 1. The summed E-state index contributed by atoms with van der Waals surface area (Å²) in [5, 5.41) is 0. The van der Waals surface area contributed by atoms with Crippen LogP contribution in [0.4, 0.5) is 5.69 Å². The van der Waals surface area contributed by atoms with Crippen molar-refractivity contribution in [2.75, 3.05) is 12.8 Å². The molecule has 2 atom stereocenters. The van der Waals surface area contributed by atoms with Crippen LogP contribution in [0.2, 0.25) is 0 Å². The van der Waals surface area contributed by atoms with Gasteiger partial charge in [0, 0.05) is 24.3 Å². The molecule has 0 heterocycles. The molecule has 0 aromatic heterocycles. The fourth-order valence-electron chi connectivity index (χ4n) is 2.85. The molecule has 0 aliphatic heterocycles. The first-order valence-corrected chi connectivity index (χ1v) is 8.64. The average Bonchev–Trinajstić information content (AvgIpc) is 2.43. The summed E-state index contributed by atoms with van der Waals surface area (Å²) in [6, 6.07) is 4.90. The summed E-state index contributed by atoms with van der Waals surface area (Å²) in [7, 11) is -1.92. The smallest absolute Gasteiger partial charge is 0.241 e. The Morgan fingerprint density at radius 1 is 1.43 bits per heavy atom. The van der Waals surface area contributed by atoms with Crippen molar-refractivity contribution in [3.63, 3.8) is 0 Å². The zero-order valence-corrected chi connectivity index (χ0v) is 13.8. The van der Waals surface area contributed by atoms with Crippen molar-refractivity contribution in [1.82, 2.24) is 4.72 Å². The normalized spacial score (nSPS) is 24.6. The minimum absolute atomic E-state index is 0.0803. The second kappa shape index (κ2) is 5.59. The zero-order valence-electron chi connectivity index (χ0n) is 13.0. The number of benzene rings is 1. The monoisotopic (exact) mass is 312 g/mol. The maximum absolute atomic E-state index is 12.6. The van der Waals surface area contributed by atoms with Crippen molar-refractivity contribution < 1.29 is 13.2 Å². The lowest BCUT2D eigenvalue weighted by atomic mass is 9.65. The predicted molar refractivity (Wildman–Crippen MR) is 83.5 cm³/mol. The quantitative estimate of drug-likeness (QED) is 0.814. The molecule has 0 amide bonds. The number of hydrogen-bond acceptors (Lipinski definition) is 4. The molecule has 5 nitrogen and oxygen atoms in total. The molecule has 6 heteroatoms. The first kappa shape index (κ1) is 16.3. The lowest BCUT2D eigenvalue weighted by Crippen LogP contribution is -2.61. The molecular formula is C15H24N2O3S. The number of ether oxygens (including phenoxy) is 1. The lowest BCUT2D eigenvalue weighted by molar-refractivity contribution is -0.0908. The third-order valence-corrected chi connectivity index (χ3v) is 6.08. The van der Waals surface area contributed by atoms with E-state index in [4.69, 9.17) is 10.5 Å². The Morgan fingerprint density at radius 2 is 2.10 bits per heavy atom. The van der Waals surface area contributed by atoms with Crippen LogP contribution < -0.4 is 10.5 Å². The van der Waals surface area contributed by atoms with Crippen molar-refractivity contribution in [1.29, 1.82) is 0 Å². The molecule has 1 aromatic carbocycles. The van der Waals surface area contributed by atoms with Crippen LogP contribution in [0.15, 0.2) is 23.1 Å². The van der Waals surface area contributed by atoms with Crippen LogP contribution in [-0.4, -0.2) is 27.7 Å². The van der Waals surface area contributed by atoms with E-state index in [0.717, 1.165) is 5.56 Å². The fourth-order valence-corrected chi connectivity index (χ4v) is 4.60. The van der Waals surface area contributed by atoms with Gasteiger partial charge in [0.25, 0.3) is 0 Å². The van der Waals surface area contributed by atoms with Gasteiger partial charge >= 0.3 is 0 Å². The van der Waals surface area contributed by atoms with Gasteiger partial charge in [-0.05, 0) is 30.5 Å². The Labute approximate surface area is 126 Å². The Hall–Kier alpha value is -1.11. The second-order valence-corrected chi connectivity index (χ2v) is 7.86. The third-order valence-electron chi connectivity index (χ3n) is 4.52. The topological polar surface area (TPSA) is 81.4 Å². The molecule has 3 N–H and O–H groups in total. The summed E-state index contributed by atoms with van der Waals surface area (Å²) in [5.41, 5.74) is 6.76. The fraction of sp³-hybridized carbons (Fsp3) is 0.600. The summed E-state index contributed by atoms with van der Waals surface area (Å²) in [6.45, 7) is 5.95. The molecule has 0 spiro atoms. The minimum Gasteiger partial charge on any atom is -0.399 e. The molecule has 0 radical (unpaired) electrons. The summed E-state index contributed by atoms with van der Waals surface area (Å²) in [6.07, 6.45) is 1.41. The van der Waals surface area contributed by atoms with E-state index in [2.05, 4.69) is 4.72 Å². The highest BCUT2D eigenvalue weighted by Gasteiger charge is 2.50. The number of aryl methyl sites for hydroxylation is 1. The second-order valence-electron chi connectivity index (χ2n) is 6.18. The van der Waals surface area contributed by atoms with Crippen LogP contribution in [0.5, 0.6) is 0 Å². The highest BCUT2D eigenvalue weighted by atomic mass is 32.2. The van der Waals surface area contributed by atoms with Gasteiger partial charge in [0.1, 0.15) is 0 Å². The molecule has 1 aromatic rings. The Balaban J connectivity index is 2.26. The first-order valence-electron chi connectivity index (χ1n) is 7.16. The molecular weight excluding hydrogens is 288 g/mol. The van der Waals surface area contributed by atoms with Crippen molar-refractivity contribution in [2.24, 2.45) is 5.41 Å². The molecule has 1 aliphatic carbocycles. The van der Waals surface area contributed by atoms with E-state index in [0.29, 0.717) is 18.5 Å². The van der Waals surface area contributed by atoms with Crippen molar-refractivity contribution in [2.45, 2.75) is 50.7 Å². The summed E-state index contributed by atoms with van der Waals surface area (Å²) < 4.78 is 33.4. The molecule has 2 unspecified atom stereocenters. The van der Waals surface area contributed by atoms with Gasteiger partial charge in [0.05, 0.1) is 11.0 Å². The van der Waals surface area contributed by atoms with Gasteiger partial charge in [-0.3, -0.25) is 0 Å². The van der Waals surface area contributed by atoms with Gasteiger partial charge in [-0.1, -0.05) is 26.8 Å². The average molecular weight is 312 g/mol. The number of sulfonamides is 1. The van der Waals surface area contributed by atoms with E-state index in [1.807, 2.05) is 20.8 Å². The van der Waals surface area contributed by atoms with Crippen molar-refractivity contribution in [3.8, 4) is 0 Å². The molecule has 0 saturated heterocycles. The highest BCUT2D eigenvalue weighted by Crippen LogP contribution is 2.43. The summed E-state index contributed by atoms with van der Waals surface area (Å²) in [5.74, 6) is 0. The van der Waals surface area contributed by atoms with Crippen LogP contribution in [0.1, 0.15) is 32.8 Å². The Kier molecular flexibility index (Phi) is 4.33. The molecule has 0 bridgehead atoms. The third kappa shape index (κ3) is 2.93. The molecule has 1 fully saturated rings. The first-order chi connectivity index (χ1) is 9.72. The zero-order chi connectivity index (χ0) is 15.8. The lowest BCUT2D eigenvalue weighted by Gasteiger charge is -2.51. The number of rotatable bonds is 5. The molecule has 118 valence electrons. The van der Waals surface area contributed by atoms with Gasteiger partial charge in [-0.25, -0.2) is 13.1 Å². The number of nitrogen functional groups attached to an aromatic ring is 1. The van der Waals surface area contributed by atoms with Crippen molar-refractivity contribution >= 4 is 15.7 Å². The van der Waals surface area contributed by atoms with Crippen LogP contribution in [0.25, 0.3) is 0 Å². The number of nitrogens with two attached hydrogens (primary N) is 1. The van der Waals surface area contributed by atoms with Crippen LogP contribution in [0.3, 0.4) is 0 Å². The van der Waals surface area contributed by atoms with E-state index in [1.54, 1.807) is 19.2 Å². The molecule has 1 aliphatic rings. The number of anilines is 1. The maximum Gasteiger partial charge on any atom is 0.241 e. The van der Waals surface area contributed by atoms with E-state index >= 15 is 0 Å². The highest BCUT2D eigenvalue weighted by molar-refractivity contribution is 7.89. The standard InChI is InChI=1S/C15H24N2O3S/c1-5-10-6-7-11(16)8-12(10)21(18,19)17-13-9-14(20-4)15(13,2)3/h6-8,13-14,17H,5,9,16H2,1-4H3. The van der Waals surface area contributed by atoms with E-state index in [1.165, 1.54) is 6.07 Å². The van der Waals surface area contributed by atoms with Crippen LogP contribution >= 0.6 is 0 Å². The Morgan fingerprint density at radius 3 is 2.62 bits per heavy atom. The van der Waals surface area contributed by atoms with Crippen LogP contribution in [-0.2, 0) is 21.2 Å². The van der Waals surface area contributed by atoms with E-state index < -0.39 is 10.0 Å². The van der Waals surface area contributed by atoms with Gasteiger partial charge in [-0.2, -0.15) is 0 Å². The summed E-state index contributed by atoms with van der Waals surface area (Å²) >= 11 is 0. The number of methoxy groups -OCH3 is 1. The van der Waals surface area contributed by atoms with Gasteiger partial charge in [0.2, 0.25) is 10.0 Å². The summed E-state index contributed by atoms with van der Waals surface area (Å²) in [4.78, 5) is 0.279. The predicted octanol–water partition coefficient (Wildman–Crippen LogP) is 1.92. The van der Waals surface area contributed by atoms with Gasteiger partial charge < -0.3 is 10.5 Å². The number of hydrogen-bond donors (Lipinski definition) is 2. The van der Waals surface area contributed by atoms with Crippen molar-refractivity contribution in [3.05, 3.63) is 23.8 Å². The maximum atomic E-state index is 12.6. The molecule has 21 heavy (non-hydrogen) atoms.